The Balaban J connectivity index is 1.53. The van der Waals surface area contributed by atoms with Crippen molar-refractivity contribution in [3.05, 3.63) is 66.1 Å². The zero-order valence-electron chi connectivity index (χ0n) is 14.3. The van der Waals surface area contributed by atoms with E-state index in [1.54, 1.807) is 12.1 Å². The third kappa shape index (κ3) is 3.18. The van der Waals surface area contributed by atoms with Crippen molar-refractivity contribution in [3.8, 4) is 6.07 Å². The molecule has 0 aliphatic carbocycles. The Bertz CT molecular complexity index is 971. The number of fused-ring (bicyclic) bond motifs is 1. The standard InChI is InChI=1S/C21H19FN4/c22-18-6-2-4-8-20(18)24-15-9-11-26(12-10-15)21-13-16(14-23)25-19-7-3-1-5-17(19)21/h1-8,13,15,24H,9-12H2. The fraction of sp³-hybridized carbons (Fsp3) is 0.238. The second-order valence-corrected chi connectivity index (χ2v) is 6.54. The summed E-state index contributed by atoms with van der Waals surface area (Å²) in [7, 11) is 0. The molecule has 4 rings (SSSR count). The fourth-order valence-electron chi connectivity index (χ4n) is 3.54. The number of benzene rings is 2. The van der Waals surface area contributed by atoms with Crippen molar-refractivity contribution in [2.24, 2.45) is 0 Å². The normalized spacial score (nSPS) is 15.0. The van der Waals surface area contributed by atoms with Crippen LogP contribution in [0.5, 0.6) is 0 Å². The zero-order valence-corrected chi connectivity index (χ0v) is 14.3. The highest BCUT2D eigenvalue weighted by Gasteiger charge is 2.22. The Kier molecular flexibility index (Phi) is 4.40. The molecule has 5 heteroatoms. The van der Waals surface area contributed by atoms with Crippen LogP contribution in [-0.4, -0.2) is 24.1 Å². The number of hydrogen-bond donors (Lipinski definition) is 1. The van der Waals surface area contributed by atoms with Gasteiger partial charge >= 0.3 is 0 Å². The first-order valence-corrected chi connectivity index (χ1v) is 8.80. The molecular weight excluding hydrogens is 327 g/mol. The number of para-hydroxylation sites is 2. The van der Waals surface area contributed by atoms with Crippen LogP contribution in [-0.2, 0) is 0 Å². The highest BCUT2D eigenvalue weighted by Crippen LogP contribution is 2.29. The summed E-state index contributed by atoms with van der Waals surface area (Å²) in [6, 6.07) is 19.0. The molecule has 26 heavy (non-hydrogen) atoms. The summed E-state index contributed by atoms with van der Waals surface area (Å²) in [4.78, 5) is 6.68. The van der Waals surface area contributed by atoms with Crippen LogP contribution in [0.25, 0.3) is 10.9 Å². The highest BCUT2D eigenvalue weighted by molar-refractivity contribution is 5.92. The predicted octanol–water partition coefficient (Wildman–Crippen LogP) is 4.33. The number of aromatic nitrogens is 1. The molecule has 0 bridgehead atoms. The Morgan fingerprint density at radius 2 is 1.81 bits per heavy atom. The molecule has 3 aromatic rings. The van der Waals surface area contributed by atoms with E-state index in [4.69, 9.17) is 0 Å². The van der Waals surface area contributed by atoms with Crippen LogP contribution in [0.4, 0.5) is 15.8 Å². The molecule has 130 valence electrons. The van der Waals surface area contributed by atoms with Gasteiger partial charge in [0.15, 0.2) is 0 Å². The van der Waals surface area contributed by atoms with Gasteiger partial charge in [0.2, 0.25) is 0 Å². The van der Waals surface area contributed by atoms with Gasteiger partial charge in [-0.1, -0.05) is 30.3 Å². The first kappa shape index (κ1) is 16.3. The molecule has 1 aromatic heterocycles. The van der Waals surface area contributed by atoms with Gasteiger partial charge in [-0.15, -0.1) is 0 Å². The molecule has 1 saturated heterocycles. The van der Waals surface area contributed by atoms with Crippen LogP contribution in [0.2, 0.25) is 0 Å². The quantitative estimate of drug-likeness (QED) is 0.767. The van der Waals surface area contributed by atoms with Gasteiger partial charge < -0.3 is 10.2 Å². The lowest BCUT2D eigenvalue weighted by Gasteiger charge is -2.35. The summed E-state index contributed by atoms with van der Waals surface area (Å²) in [6.45, 7) is 1.70. The van der Waals surface area contributed by atoms with Crippen molar-refractivity contribution in [1.82, 2.24) is 4.98 Å². The van der Waals surface area contributed by atoms with Crippen LogP contribution in [0, 0.1) is 17.1 Å². The lowest BCUT2D eigenvalue weighted by Crippen LogP contribution is -2.39. The summed E-state index contributed by atoms with van der Waals surface area (Å²) >= 11 is 0. The van der Waals surface area contributed by atoms with Gasteiger partial charge in [0.1, 0.15) is 17.6 Å². The largest absolute Gasteiger partial charge is 0.380 e. The maximum Gasteiger partial charge on any atom is 0.146 e. The number of hydrogen-bond acceptors (Lipinski definition) is 4. The molecule has 0 radical (unpaired) electrons. The van der Waals surface area contributed by atoms with Crippen molar-refractivity contribution in [1.29, 1.82) is 5.26 Å². The first-order chi connectivity index (χ1) is 12.7. The van der Waals surface area contributed by atoms with Gasteiger partial charge in [0.05, 0.1) is 11.2 Å². The van der Waals surface area contributed by atoms with Gasteiger partial charge in [0.25, 0.3) is 0 Å². The highest BCUT2D eigenvalue weighted by atomic mass is 19.1. The van der Waals surface area contributed by atoms with Crippen LogP contribution >= 0.6 is 0 Å². The molecule has 0 spiro atoms. The van der Waals surface area contributed by atoms with E-state index in [0.29, 0.717) is 11.4 Å². The van der Waals surface area contributed by atoms with Crippen molar-refractivity contribution in [2.75, 3.05) is 23.3 Å². The van der Waals surface area contributed by atoms with Gasteiger partial charge in [-0.3, -0.25) is 0 Å². The van der Waals surface area contributed by atoms with Gasteiger partial charge in [-0.2, -0.15) is 5.26 Å². The maximum atomic E-state index is 13.8. The second-order valence-electron chi connectivity index (χ2n) is 6.54. The number of nitriles is 1. The van der Waals surface area contributed by atoms with Crippen LogP contribution in [0.1, 0.15) is 18.5 Å². The average Bonchev–Trinajstić information content (AvgIpc) is 2.69. The topological polar surface area (TPSA) is 52.0 Å². The Hall–Kier alpha value is -3.13. The Morgan fingerprint density at radius 1 is 1.08 bits per heavy atom. The van der Waals surface area contributed by atoms with E-state index in [2.05, 4.69) is 21.3 Å². The molecule has 0 amide bonds. The summed E-state index contributed by atoms with van der Waals surface area (Å²) in [6.07, 6.45) is 1.82. The van der Waals surface area contributed by atoms with E-state index in [9.17, 15) is 9.65 Å². The van der Waals surface area contributed by atoms with Crippen molar-refractivity contribution in [2.45, 2.75) is 18.9 Å². The average molecular weight is 346 g/mol. The molecule has 1 aliphatic rings. The van der Waals surface area contributed by atoms with E-state index in [1.807, 2.05) is 36.4 Å². The second kappa shape index (κ2) is 7.01. The summed E-state index contributed by atoms with van der Waals surface area (Å²) < 4.78 is 13.8. The van der Waals surface area contributed by atoms with E-state index >= 15 is 0 Å². The monoisotopic (exact) mass is 346 g/mol. The number of nitrogens with one attached hydrogen (secondary N) is 1. The van der Waals surface area contributed by atoms with Crippen LogP contribution in [0.3, 0.4) is 0 Å². The maximum absolute atomic E-state index is 13.8. The number of rotatable bonds is 3. The number of anilines is 2. The molecule has 0 saturated carbocycles. The lowest BCUT2D eigenvalue weighted by molar-refractivity contribution is 0.523. The minimum absolute atomic E-state index is 0.214. The van der Waals surface area contributed by atoms with E-state index in [-0.39, 0.29) is 11.9 Å². The number of pyridine rings is 1. The number of halogens is 1. The fourth-order valence-corrected chi connectivity index (χ4v) is 3.54. The van der Waals surface area contributed by atoms with E-state index < -0.39 is 0 Å². The van der Waals surface area contributed by atoms with Gasteiger partial charge in [-0.05, 0) is 37.1 Å². The van der Waals surface area contributed by atoms with Crippen molar-refractivity contribution < 1.29 is 4.39 Å². The molecule has 4 nitrogen and oxygen atoms in total. The lowest BCUT2D eigenvalue weighted by atomic mass is 10.0. The summed E-state index contributed by atoms with van der Waals surface area (Å²) in [5.41, 5.74) is 2.89. The minimum atomic E-state index is -0.214. The van der Waals surface area contributed by atoms with Crippen molar-refractivity contribution in [3.63, 3.8) is 0 Å². The molecule has 1 aliphatic heterocycles. The molecule has 2 aromatic carbocycles. The Morgan fingerprint density at radius 3 is 2.58 bits per heavy atom. The third-order valence-electron chi connectivity index (χ3n) is 4.88. The molecule has 1 N–H and O–H groups in total. The molecular formula is C21H19FN4. The molecule has 1 fully saturated rings. The smallest absolute Gasteiger partial charge is 0.146 e. The van der Waals surface area contributed by atoms with Gasteiger partial charge in [0, 0.05) is 30.2 Å². The van der Waals surface area contributed by atoms with Crippen LogP contribution < -0.4 is 10.2 Å². The van der Waals surface area contributed by atoms with E-state index in [0.717, 1.165) is 42.5 Å². The Labute approximate surface area is 151 Å². The minimum Gasteiger partial charge on any atom is -0.380 e. The third-order valence-corrected chi connectivity index (χ3v) is 4.88. The van der Waals surface area contributed by atoms with E-state index in [1.165, 1.54) is 6.07 Å². The SMILES string of the molecule is N#Cc1cc(N2CCC(Nc3ccccc3F)CC2)c2ccccc2n1. The molecule has 2 heterocycles. The van der Waals surface area contributed by atoms with Crippen LogP contribution in [0.15, 0.2) is 54.6 Å². The molecule has 0 atom stereocenters. The first-order valence-electron chi connectivity index (χ1n) is 8.80. The predicted molar refractivity (Wildman–Crippen MR) is 102 cm³/mol. The zero-order chi connectivity index (χ0) is 17.9. The molecule has 0 unspecified atom stereocenters. The summed E-state index contributed by atoms with van der Waals surface area (Å²) in [5, 5.41) is 13.7. The number of nitrogens with zero attached hydrogens (tertiary/aromatic N) is 3. The van der Waals surface area contributed by atoms with Crippen molar-refractivity contribution >= 4 is 22.3 Å². The van der Waals surface area contributed by atoms with Gasteiger partial charge in [-0.25, -0.2) is 9.37 Å². The number of piperidine rings is 1. The summed E-state index contributed by atoms with van der Waals surface area (Å²) in [5.74, 6) is -0.214.